The van der Waals surface area contributed by atoms with Crippen LogP contribution in [0.3, 0.4) is 0 Å². The van der Waals surface area contributed by atoms with Gasteiger partial charge < -0.3 is 9.47 Å². The number of halogens is 8. The van der Waals surface area contributed by atoms with Crippen molar-refractivity contribution in [2.45, 2.75) is 89.5 Å². The van der Waals surface area contributed by atoms with Gasteiger partial charge in [0.1, 0.15) is 11.6 Å². The van der Waals surface area contributed by atoms with Crippen molar-refractivity contribution in [3.8, 4) is 11.1 Å². The zero-order valence-corrected chi connectivity index (χ0v) is 24.1. The van der Waals surface area contributed by atoms with E-state index < -0.39 is 42.4 Å². The van der Waals surface area contributed by atoms with Gasteiger partial charge in [-0.3, -0.25) is 0 Å². The molecule has 0 radical (unpaired) electrons. The lowest BCUT2D eigenvalue weighted by Crippen LogP contribution is -2.34. The first kappa shape index (κ1) is 33.0. The summed E-state index contributed by atoms with van der Waals surface area (Å²) in [6.45, 7) is 1.72. The molecule has 2 nitrogen and oxygen atoms in total. The highest BCUT2D eigenvalue weighted by Gasteiger charge is 2.43. The van der Waals surface area contributed by atoms with Crippen molar-refractivity contribution in [2.75, 3.05) is 6.61 Å². The van der Waals surface area contributed by atoms with Gasteiger partial charge in [0.05, 0.1) is 12.5 Å². The predicted octanol–water partition coefficient (Wildman–Crippen LogP) is 11.3. The van der Waals surface area contributed by atoms with Gasteiger partial charge in [-0.15, -0.1) is 13.2 Å². The van der Waals surface area contributed by atoms with E-state index >= 15 is 4.39 Å². The number of rotatable bonds is 9. The van der Waals surface area contributed by atoms with Gasteiger partial charge in [0.15, 0.2) is 11.6 Å². The molecule has 2 fully saturated rings. The first-order valence-electron chi connectivity index (χ1n) is 14.6. The number of ether oxygens (including phenoxy) is 2. The minimum atomic E-state index is -5.35. The maximum atomic E-state index is 15.1. The number of hydrogen-bond acceptors (Lipinski definition) is 2. The first-order valence-corrected chi connectivity index (χ1v) is 14.6. The fourth-order valence-corrected chi connectivity index (χ4v) is 6.15. The van der Waals surface area contributed by atoms with E-state index in [-0.39, 0.29) is 30.7 Å². The number of alkyl halides is 5. The molecule has 2 aliphatic rings. The molecule has 2 aromatic carbocycles. The van der Waals surface area contributed by atoms with Gasteiger partial charge in [-0.05, 0) is 92.0 Å². The Morgan fingerprint density at radius 2 is 1.37 bits per heavy atom. The fraction of sp³-hybridized carbons (Fsp3) is 0.515. The molecule has 0 spiro atoms. The Morgan fingerprint density at radius 1 is 0.814 bits per heavy atom. The number of allylic oxidation sites excluding steroid dienone is 2. The second kappa shape index (κ2) is 13.8. The van der Waals surface area contributed by atoms with Gasteiger partial charge >= 0.3 is 12.5 Å². The molecule has 0 N–H and O–H groups in total. The van der Waals surface area contributed by atoms with Crippen molar-refractivity contribution < 1.29 is 44.6 Å². The minimum Gasteiger partial charge on any atom is -0.400 e. The van der Waals surface area contributed by atoms with Gasteiger partial charge in [0.2, 0.25) is 0 Å². The summed E-state index contributed by atoms with van der Waals surface area (Å²) in [5.74, 6) is -5.45. The van der Waals surface area contributed by atoms with Crippen LogP contribution in [0.25, 0.3) is 11.1 Å². The van der Waals surface area contributed by atoms with Crippen molar-refractivity contribution in [1.29, 1.82) is 0 Å². The second-order valence-electron chi connectivity index (χ2n) is 11.7. The van der Waals surface area contributed by atoms with Crippen LogP contribution in [0, 0.1) is 17.7 Å². The average Bonchev–Trinajstić information content (AvgIpc) is 2.96. The van der Waals surface area contributed by atoms with Crippen LogP contribution >= 0.6 is 0 Å². The molecule has 0 unspecified atom stereocenters. The molecule has 2 aromatic rings. The monoisotopic (exact) mass is 616 g/mol. The van der Waals surface area contributed by atoms with Crippen molar-refractivity contribution in [3.05, 3.63) is 82.9 Å². The lowest BCUT2D eigenvalue weighted by atomic mass is 9.78. The summed E-state index contributed by atoms with van der Waals surface area (Å²) in [5, 5.41) is 0. The van der Waals surface area contributed by atoms with Gasteiger partial charge in [0.25, 0.3) is 0 Å². The quantitative estimate of drug-likeness (QED) is 0.159. The van der Waals surface area contributed by atoms with Crippen LogP contribution in [0.5, 0.6) is 0 Å². The van der Waals surface area contributed by atoms with Crippen LogP contribution in [0.15, 0.2) is 66.0 Å². The van der Waals surface area contributed by atoms with Crippen LogP contribution in [0.2, 0.25) is 0 Å². The summed E-state index contributed by atoms with van der Waals surface area (Å²) >= 11 is 0. The van der Waals surface area contributed by atoms with E-state index in [9.17, 15) is 30.7 Å². The van der Waals surface area contributed by atoms with Crippen LogP contribution < -0.4 is 0 Å². The first-order chi connectivity index (χ1) is 20.2. The number of benzene rings is 2. The molecule has 10 heteroatoms. The summed E-state index contributed by atoms with van der Waals surface area (Å²) in [5.41, 5.74) is 3.24. The third kappa shape index (κ3) is 8.83. The van der Waals surface area contributed by atoms with E-state index in [1.807, 2.05) is 36.4 Å². The van der Waals surface area contributed by atoms with E-state index in [0.29, 0.717) is 31.2 Å². The molecule has 0 amide bonds. The van der Waals surface area contributed by atoms with Crippen LogP contribution in [-0.4, -0.2) is 19.1 Å². The predicted molar refractivity (Wildman–Crippen MR) is 148 cm³/mol. The Labute approximate surface area is 246 Å². The Hall–Kier alpha value is -2.88. The van der Waals surface area contributed by atoms with E-state index in [2.05, 4.69) is 16.4 Å². The van der Waals surface area contributed by atoms with Crippen molar-refractivity contribution in [1.82, 2.24) is 0 Å². The molecule has 0 bridgehead atoms. The van der Waals surface area contributed by atoms with E-state index in [0.717, 1.165) is 48.3 Å². The SMILES string of the molecule is C/C(F)=C(OC(F)(F)F)\C(F)=C/COC(F)(F)C1CCC(c2ccc(-c3ccc(C4CCC(C)CC4)cc3F)cc2)CC1. The largest absolute Gasteiger partial charge is 0.573 e. The molecule has 236 valence electrons. The van der Waals surface area contributed by atoms with Gasteiger partial charge in [0, 0.05) is 5.56 Å². The van der Waals surface area contributed by atoms with Gasteiger partial charge in [-0.1, -0.05) is 56.2 Å². The molecule has 0 saturated heterocycles. The van der Waals surface area contributed by atoms with Crippen molar-refractivity contribution in [2.24, 2.45) is 11.8 Å². The van der Waals surface area contributed by atoms with Crippen LogP contribution in [0.4, 0.5) is 35.1 Å². The molecule has 43 heavy (non-hydrogen) atoms. The normalized spacial score (nSPS) is 24.5. The van der Waals surface area contributed by atoms with E-state index in [1.54, 1.807) is 6.07 Å². The Kier molecular flexibility index (Phi) is 10.6. The fourth-order valence-electron chi connectivity index (χ4n) is 6.15. The van der Waals surface area contributed by atoms with Crippen LogP contribution in [0.1, 0.15) is 88.2 Å². The topological polar surface area (TPSA) is 18.5 Å². The smallest absolute Gasteiger partial charge is 0.400 e. The summed E-state index contributed by atoms with van der Waals surface area (Å²) < 4.78 is 116. The Bertz CT molecular complexity index is 1280. The second-order valence-corrected chi connectivity index (χ2v) is 11.7. The average molecular weight is 617 g/mol. The molecule has 2 aliphatic carbocycles. The molecule has 2 saturated carbocycles. The molecular formula is C33H36F8O2. The highest BCUT2D eigenvalue weighted by molar-refractivity contribution is 5.65. The summed E-state index contributed by atoms with van der Waals surface area (Å²) in [4.78, 5) is 0. The van der Waals surface area contributed by atoms with Gasteiger partial charge in [-0.2, -0.15) is 8.78 Å². The van der Waals surface area contributed by atoms with E-state index in [4.69, 9.17) is 0 Å². The molecular weight excluding hydrogens is 580 g/mol. The molecule has 4 rings (SSSR count). The van der Waals surface area contributed by atoms with Crippen molar-refractivity contribution >= 4 is 0 Å². The maximum Gasteiger partial charge on any atom is 0.573 e. The van der Waals surface area contributed by atoms with Crippen molar-refractivity contribution in [3.63, 3.8) is 0 Å². The van der Waals surface area contributed by atoms with Crippen LogP contribution in [-0.2, 0) is 9.47 Å². The molecule has 0 heterocycles. The van der Waals surface area contributed by atoms with E-state index in [1.165, 1.54) is 0 Å². The molecule has 0 aliphatic heterocycles. The maximum absolute atomic E-state index is 15.1. The summed E-state index contributed by atoms with van der Waals surface area (Å²) in [7, 11) is 0. The zero-order valence-electron chi connectivity index (χ0n) is 24.1. The zero-order chi connectivity index (χ0) is 31.4. The molecule has 0 aromatic heterocycles. The summed E-state index contributed by atoms with van der Waals surface area (Å²) in [6, 6.07) is 12.9. The third-order valence-electron chi connectivity index (χ3n) is 8.66. The number of hydrogen-bond donors (Lipinski definition) is 0. The molecule has 0 atom stereocenters. The third-order valence-corrected chi connectivity index (χ3v) is 8.66. The highest BCUT2D eigenvalue weighted by Crippen LogP contribution is 2.43. The lowest BCUT2D eigenvalue weighted by Gasteiger charge is -2.33. The Morgan fingerprint density at radius 3 is 1.93 bits per heavy atom. The van der Waals surface area contributed by atoms with Gasteiger partial charge in [-0.25, -0.2) is 13.2 Å². The summed E-state index contributed by atoms with van der Waals surface area (Å²) in [6.07, 6.45) is -3.20. The lowest BCUT2D eigenvalue weighted by molar-refractivity contribution is -0.305. The minimum absolute atomic E-state index is 0.0131. The standard InChI is InChI=1S/C33H36F8O2/c1-20-3-5-24(6-4-20)26-13-16-28(30(36)19-26)25-9-7-22(8-10-25)23-11-14-27(15-12-23)32(37,38)42-18-17-29(35)31(21(2)34)43-33(39,40)41/h7-10,13,16-17,19-20,23-24,27H,3-6,11-12,14-15,18H2,1-2H3/b29-17+,31-21-. The highest BCUT2D eigenvalue weighted by atomic mass is 19.4. The Balaban J connectivity index is 1.31.